The number of halogens is 2. The second-order valence-electron chi connectivity index (χ2n) is 5.77. The highest BCUT2D eigenvalue weighted by molar-refractivity contribution is 5.95. The number of anilines is 1. The highest BCUT2D eigenvalue weighted by atomic mass is 19.1. The van der Waals surface area contributed by atoms with Crippen LogP contribution in [0.2, 0.25) is 0 Å². The van der Waals surface area contributed by atoms with Crippen molar-refractivity contribution in [2.45, 2.75) is 0 Å². The first-order chi connectivity index (χ1) is 13.3. The quantitative estimate of drug-likeness (QED) is 0.584. The van der Waals surface area contributed by atoms with Crippen molar-refractivity contribution in [2.24, 2.45) is 0 Å². The van der Waals surface area contributed by atoms with E-state index in [1.807, 2.05) is 0 Å². The van der Waals surface area contributed by atoms with E-state index in [2.05, 4.69) is 5.32 Å². The van der Waals surface area contributed by atoms with Crippen LogP contribution >= 0.6 is 0 Å². The van der Waals surface area contributed by atoms with Crippen molar-refractivity contribution in [2.75, 3.05) is 25.5 Å². The summed E-state index contributed by atoms with van der Waals surface area (Å²) in [7, 11) is 1.37. The van der Waals surface area contributed by atoms with E-state index in [1.54, 1.807) is 6.07 Å². The summed E-state index contributed by atoms with van der Waals surface area (Å²) in [4.78, 5) is 36.5. The molecule has 0 bridgehead atoms. The first kappa shape index (κ1) is 20.8. The van der Waals surface area contributed by atoms with Crippen LogP contribution in [0.3, 0.4) is 0 Å². The number of hydrogen-bond acceptors (Lipinski definition) is 4. The first-order valence-corrected chi connectivity index (χ1v) is 8.24. The maximum atomic E-state index is 13.4. The molecule has 0 unspecified atom stereocenters. The van der Waals surface area contributed by atoms with Gasteiger partial charge in [0.15, 0.2) is 6.61 Å². The number of carbonyl (C=O) groups is 3. The van der Waals surface area contributed by atoms with Gasteiger partial charge in [-0.05, 0) is 36.4 Å². The summed E-state index contributed by atoms with van der Waals surface area (Å²) < 4.78 is 31.1. The number of esters is 1. The van der Waals surface area contributed by atoms with Crippen LogP contribution in [0.4, 0.5) is 14.5 Å². The highest BCUT2D eigenvalue weighted by Gasteiger charge is 2.14. The fourth-order valence-electron chi connectivity index (χ4n) is 2.10. The molecular weight excluding hydrogens is 370 g/mol. The third kappa shape index (κ3) is 6.64. The maximum absolute atomic E-state index is 13.4. The van der Waals surface area contributed by atoms with Gasteiger partial charge >= 0.3 is 5.97 Å². The average molecular weight is 388 g/mol. The molecule has 0 aromatic heterocycles. The third-order valence-corrected chi connectivity index (χ3v) is 3.58. The van der Waals surface area contributed by atoms with Gasteiger partial charge in [-0.25, -0.2) is 13.6 Å². The van der Waals surface area contributed by atoms with Crippen LogP contribution in [0.15, 0.2) is 54.6 Å². The molecule has 0 aliphatic heterocycles. The third-order valence-electron chi connectivity index (χ3n) is 3.58. The van der Waals surface area contributed by atoms with Gasteiger partial charge in [0.2, 0.25) is 5.91 Å². The Kier molecular flexibility index (Phi) is 7.38. The zero-order valence-electron chi connectivity index (χ0n) is 15.0. The molecule has 1 N–H and O–H groups in total. The molecule has 28 heavy (non-hydrogen) atoms. The number of amides is 2. The molecule has 0 spiro atoms. The van der Waals surface area contributed by atoms with E-state index in [0.717, 1.165) is 11.0 Å². The number of nitrogens with zero attached hydrogens (tertiary/aromatic N) is 1. The lowest BCUT2D eigenvalue weighted by molar-refractivity contribution is -0.148. The SMILES string of the molecule is CN(CC(=O)Nc1ccc(F)cc1)C(=O)COC(=O)/C=C/c1ccccc1F. The van der Waals surface area contributed by atoms with Gasteiger partial charge in [-0.1, -0.05) is 18.2 Å². The largest absolute Gasteiger partial charge is 0.452 e. The van der Waals surface area contributed by atoms with Crippen molar-refractivity contribution >= 4 is 29.5 Å². The molecule has 2 aromatic rings. The van der Waals surface area contributed by atoms with Crippen LogP contribution in [0, 0.1) is 11.6 Å². The Labute approximate surface area is 160 Å². The van der Waals surface area contributed by atoms with E-state index in [-0.39, 0.29) is 12.1 Å². The minimum atomic E-state index is -0.819. The highest BCUT2D eigenvalue weighted by Crippen LogP contribution is 2.09. The molecule has 146 valence electrons. The van der Waals surface area contributed by atoms with Crippen LogP contribution in [0.5, 0.6) is 0 Å². The van der Waals surface area contributed by atoms with Gasteiger partial charge in [0, 0.05) is 24.4 Å². The van der Waals surface area contributed by atoms with Gasteiger partial charge < -0.3 is 15.0 Å². The van der Waals surface area contributed by atoms with Crippen molar-refractivity contribution in [1.29, 1.82) is 0 Å². The molecule has 2 rings (SSSR count). The molecule has 6 nitrogen and oxygen atoms in total. The first-order valence-electron chi connectivity index (χ1n) is 8.24. The second kappa shape index (κ2) is 9.96. The Morgan fingerprint density at radius 2 is 1.75 bits per heavy atom. The summed E-state index contributed by atoms with van der Waals surface area (Å²) in [5, 5.41) is 2.51. The fourth-order valence-corrected chi connectivity index (χ4v) is 2.10. The zero-order chi connectivity index (χ0) is 20.5. The Balaban J connectivity index is 1.77. The van der Waals surface area contributed by atoms with Gasteiger partial charge in [0.1, 0.15) is 11.6 Å². The zero-order valence-corrected chi connectivity index (χ0v) is 15.0. The number of ether oxygens (including phenoxy) is 1. The second-order valence-corrected chi connectivity index (χ2v) is 5.77. The Hall–Kier alpha value is -3.55. The van der Waals surface area contributed by atoms with E-state index < -0.39 is 36.0 Å². The van der Waals surface area contributed by atoms with E-state index in [9.17, 15) is 23.2 Å². The fraction of sp³-hybridized carbons (Fsp3) is 0.150. The molecule has 0 aliphatic carbocycles. The number of likely N-dealkylation sites (N-methyl/N-ethyl adjacent to an activating group) is 1. The van der Waals surface area contributed by atoms with Crippen LogP contribution in [-0.4, -0.2) is 42.9 Å². The van der Waals surface area contributed by atoms with Crippen LogP contribution in [0.25, 0.3) is 6.08 Å². The number of rotatable bonds is 7. The normalized spacial score (nSPS) is 10.5. The van der Waals surface area contributed by atoms with Crippen molar-refractivity contribution in [1.82, 2.24) is 4.90 Å². The molecule has 0 radical (unpaired) electrons. The van der Waals surface area contributed by atoms with Gasteiger partial charge in [-0.2, -0.15) is 0 Å². The van der Waals surface area contributed by atoms with E-state index in [4.69, 9.17) is 4.74 Å². The number of hydrogen-bond donors (Lipinski definition) is 1. The molecule has 0 heterocycles. The smallest absolute Gasteiger partial charge is 0.331 e. The van der Waals surface area contributed by atoms with Crippen LogP contribution < -0.4 is 5.32 Å². The number of benzene rings is 2. The molecule has 0 fully saturated rings. The molecular formula is C20H18F2N2O4. The number of nitrogens with one attached hydrogen (secondary N) is 1. The minimum absolute atomic E-state index is 0.209. The van der Waals surface area contributed by atoms with Crippen molar-refractivity contribution in [3.8, 4) is 0 Å². The summed E-state index contributed by atoms with van der Waals surface area (Å²) in [5.41, 5.74) is 0.595. The predicted molar refractivity (Wildman–Crippen MR) is 99.1 cm³/mol. The molecule has 2 aromatic carbocycles. The summed E-state index contributed by atoms with van der Waals surface area (Å²) in [6, 6.07) is 11.0. The monoisotopic (exact) mass is 388 g/mol. The van der Waals surface area contributed by atoms with Gasteiger partial charge in [-0.3, -0.25) is 9.59 Å². The summed E-state index contributed by atoms with van der Waals surface area (Å²) >= 11 is 0. The molecule has 0 aliphatic rings. The van der Waals surface area contributed by atoms with Gasteiger partial charge in [0.25, 0.3) is 5.91 Å². The lowest BCUT2D eigenvalue weighted by Gasteiger charge is -2.16. The van der Waals surface area contributed by atoms with Crippen molar-refractivity contribution < 1.29 is 27.9 Å². The minimum Gasteiger partial charge on any atom is -0.452 e. The molecule has 0 saturated heterocycles. The van der Waals surface area contributed by atoms with Gasteiger partial charge in [-0.15, -0.1) is 0 Å². The molecule has 0 atom stereocenters. The molecule has 2 amide bonds. The van der Waals surface area contributed by atoms with E-state index >= 15 is 0 Å². The van der Waals surface area contributed by atoms with Crippen molar-refractivity contribution in [3.05, 3.63) is 71.8 Å². The molecule has 0 saturated carbocycles. The lowest BCUT2D eigenvalue weighted by Crippen LogP contribution is -2.37. The Morgan fingerprint density at radius 1 is 1.07 bits per heavy atom. The molecule has 8 heteroatoms. The van der Waals surface area contributed by atoms with Crippen LogP contribution in [-0.2, 0) is 19.1 Å². The summed E-state index contributed by atoms with van der Waals surface area (Å²) in [5.74, 6) is -2.83. The Morgan fingerprint density at radius 3 is 2.43 bits per heavy atom. The van der Waals surface area contributed by atoms with E-state index in [1.165, 1.54) is 55.6 Å². The number of carbonyl (C=O) groups excluding carboxylic acids is 3. The van der Waals surface area contributed by atoms with E-state index in [0.29, 0.717) is 5.69 Å². The topological polar surface area (TPSA) is 75.7 Å². The van der Waals surface area contributed by atoms with Gasteiger partial charge in [0.05, 0.1) is 6.54 Å². The average Bonchev–Trinajstić information content (AvgIpc) is 2.67. The summed E-state index contributed by atoms with van der Waals surface area (Å²) in [6.07, 6.45) is 2.24. The Bertz CT molecular complexity index is 882. The predicted octanol–water partition coefficient (Wildman–Crippen LogP) is 2.62. The standard InChI is InChI=1S/C20H18F2N2O4/c1-24(12-18(25)23-16-9-7-15(21)8-10-16)19(26)13-28-20(27)11-6-14-4-2-3-5-17(14)22/h2-11H,12-13H2,1H3,(H,23,25)/b11-6+. The van der Waals surface area contributed by atoms with Crippen molar-refractivity contribution in [3.63, 3.8) is 0 Å². The van der Waals surface area contributed by atoms with Crippen LogP contribution in [0.1, 0.15) is 5.56 Å². The lowest BCUT2D eigenvalue weighted by atomic mass is 10.2. The summed E-state index contributed by atoms with van der Waals surface area (Å²) in [6.45, 7) is -0.848. The maximum Gasteiger partial charge on any atom is 0.331 e.